The molecule has 1 atom stereocenters. The minimum Gasteiger partial charge on any atom is -0.503 e. The van der Waals surface area contributed by atoms with Crippen LogP contribution in [-0.4, -0.2) is 64.0 Å². The number of benzene rings is 2. The molecular weight excluding hydrogens is 448 g/mol. The largest absolute Gasteiger partial charge is 0.503 e. The highest BCUT2D eigenvalue weighted by Gasteiger charge is 2.23. The number of fused-ring (bicyclic) bond motifs is 1. The summed E-state index contributed by atoms with van der Waals surface area (Å²) in [6, 6.07) is 13.2. The van der Waals surface area contributed by atoms with Crippen molar-refractivity contribution in [2.24, 2.45) is 0 Å². The van der Waals surface area contributed by atoms with E-state index >= 15 is 0 Å². The fraction of sp³-hybridized carbons (Fsp3) is 0.444. The Morgan fingerprint density at radius 1 is 1.09 bits per heavy atom. The van der Waals surface area contributed by atoms with Crippen molar-refractivity contribution in [2.45, 2.75) is 31.7 Å². The summed E-state index contributed by atoms with van der Waals surface area (Å²) in [6.45, 7) is 3.06. The normalized spacial score (nSPS) is 16.6. The number of carbonyl (C=O) groups is 1. The number of rotatable bonds is 11. The fourth-order valence-corrected chi connectivity index (χ4v) is 4.39. The SMILES string of the molecule is CO/C=C1\CCCN1C[C@H](Cc1ccc2c(c1)OCCO2)NC(=O)CCOc1ccc(OC)cc1. The van der Waals surface area contributed by atoms with Gasteiger partial charge in [-0.2, -0.15) is 0 Å². The number of likely N-dealkylation sites (tertiary alicyclic amines) is 1. The van der Waals surface area contributed by atoms with Gasteiger partial charge in [0.25, 0.3) is 0 Å². The van der Waals surface area contributed by atoms with E-state index in [1.165, 1.54) is 0 Å². The highest BCUT2D eigenvalue weighted by Crippen LogP contribution is 2.31. The number of allylic oxidation sites excluding steroid dienone is 1. The lowest BCUT2D eigenvalue weighted by atomic mass is 10.0. The maximum atomic E-state index is 12.8. The van der Waals surface area contributed by atoms with Gasteiger partial charge in [0, 0.05) is 18.8 Å². The lowest BCUT2D eigenvalue weighted by Crippen LogP contribution is -2.44. The van der Waals surface area contributed by atoms with E-state index in [9.17, 15) is 4.79 Å². The Labute approximate surface area is 206 Å². The van der Waals surface area contributed by atoms with Gasteiger partial charge in [-0.1, -0.05) is 6.07 Å². The van der Waals surface area contributed by atoms with Crippen LogP contribution in [0.1, 0.15) is 24.8 Å². The van der Waals surface area contributed by atoms with Crippen molar-refractivity contribution < 1.29 is 28.5 Å². The topological polar surface area (TPSA) is 78.5 Å². The predicted molar refractivity (Wildman–Crippen MR) is 132 cm³/mol. The summed E-state index contributed by atoms with van der Waals surface area (Å²) in [5.74, 6) is 2.95. The van der Waals surface area contributed by atoms with Gasteiger partial charge in [0.05, 0.1) is 33.3 Å². The van der Waals surface area contributed by atoms with E-state index < -0.39 is 0 Å². The van der Waals surface area contributed by atoms with E-state index in [0.717, 1.165) is 47.9 Å². The van der Waals surface area contributed by atoms with Crippen molar-refractivity contribution in [2.75, 3.05) is 47.1 Å². The van der Waals surface area contributed by atoms with Crippen LogP contribution in [-0.2, 0) is 16.0 Å². The molecule has 8 heteroatoms. The first kappa shape index (κ1) is 24.6. The first-order valence-corrected chi connectivity index (χ1v) is 12.1. The molecule has 2 aromatic carbocycles. The lowest BCUT2D eigenvalue weighted by molar-refractivity contribution is -0.122. The quantitative estimate of drug-likeness (QED) is 0.491. The third-order valence-corrected chi connectivity index (χ3v) is 6.07. The number of ether oxygens (including phenoxy) is 5. The monoisotopic (exact) mass is 482 g/mol. The highest BCUT2D eigenvalue weighted by molar-refractivity contribution is 5.76. The van der Waals surface area contributed by atoms with Crippen LogP contribution in [0.5, 0.6) is 23.0 Å². The Hall–Kier alpha value is -3.55. The number of nitrogens with zero attached hydrogens (tertiary/aromatic N) is 1. The first-order chi connectivity index (χ1) is 17.1. The summed E-state index contributed by atoms with van der Waals surface area (Å²) in [5, 5.41) is 3.22. The average molecular weight is 483 g/mol. The van der Waals surface area contributed by atoms with Crippen molar-refractivity contribution in [3.8, 4) is 23.0 Å². The second kappa shape index (κ2) is 12.2. The number of amides is 1. The molecule has 2 aliphatic heterocycles. The molecule has 2 aromatic rings. The van der Waals surface area contributed by atoms with Crippen molar-refractivity contribution in [3.05, 3.63) is 60.0 Å². The molecule has 0 unspecified atom stereocenters. The van der Waals surface area contributed by atoms with E-state index in [1.54, 1.807) is 20.5 Å². The molecule has 0 aromatic heterocycles. The maximum absolute atomic E-state index is 12.8. The standard InChI is InChI=1S/C27H34N2O6/c1-31-19-22-4-3-12-29(22)18-21(16-20-5-10-25-26(17-20)35-15-14-34-25)28-27(30)11-13-33-24-8-6-23(32-2)7-9-24/h5-10,17,19,21H,3-4,11-16,18H2,1-2H3,(H,28,30)/b22-19+/t21-/m0/s1. The number of carbonyl (C=O) groups excluding carboxylic acids is 1. The van der Waals surface area contributed by atoms with Gasteiger partial charge in [-0.15, -0.1) is 0 Å². The Morgan fingerprint density at radius 3 is 2.63 bits per heavy atom. The van der Waals surface area contributed by atoms with Crippen LogP contribution in [0, 0.1) is 0 Å². The molecule has 1 amide bonds. The molecule has 0 spiro atoms. The molecule has 35 heavy (non-hydrogen) atoms. The number of nitrogens with one attached hydrogen (secondary N) is 1. The van der Waals surface area contributed by atoms with Gasteiger partial charge in [0.2, 0.25) is 5.91 Å². The zero-order valence-corrected chi connectivity index (χ0v) is 20.5. The average Bonchev–Trinajstić information content (AvgIpc) is 3.31. The molecule has 2 heterocycles. The van der Waals surface area contributed by atoms with E-state index in [1.807, 2.05) is 42.5 Å². The first-order valence-electron chi connectivity index (χ1n) is 12.1. The van der Waals surface area contributed by atoms with Gasteiger partial charge in [0.1, 0.15) is 31.0 Å². The van der Waals surface area contributed by atoms with Crippen LogP contribution in [0.25, 0.3) is 0 Å². The van der Waals surface area contributed by atoms with Crippen molar-refractivity contribution in [1.29, 1.82) is 0 Å². The second-order valence-electron chi connectivity index (χ2n) is 8.62. The molecule has 0 bridgehead atoms. The summed E-state index contributed by atoms with van der Waals surface area (Å²) in [4.78, 5) is 15.1. The molecule has 0 aliphatic carbocycles. The molecule has 0 radical (unpaired) electrons. The molecule has 8 nitrogen and oxygen atoms in total. The van der Waals surface area contributed by atoms with Crippen molar-refractivity contribution in [3.63, 3.8) is 0 Å². The summed E-state index contributed by atoms with van der Waals surface area (Å²) >= 11 is 0. The third kappa shape index (κ3) is 6.97. The maximum Gasteiger partial charge on any atom is 0.223 e. The van der Waals surface area contributed by atoms with Crippen LogP contribution < -0.4 is 24.3 Å². The van der Waals surface area contributed by atoms with E-state index in [-0.39, 0.29) is 18.4 Å². The van der Waals surface area contributed by atoms with Gasteiger partial charge in [0.15, 0.2) is 11.5 Å². The summed E-state index contributed by atoms with van der Waals surface area (Å²) in [7, 11) is 3.29. The Balaban J connectivity index is 1.37. The minimum absolute atomic E-state index is 0.0440. The molecule has 1 N–H and O–H groups in total. The smallest absolute Gasteiger partial charge is 0.223 e. The number of hydrogen-bond acceptors (Lipinski definition) is 7. The molecule has 1 saturated heterocycles. The number of hydrogen-bond donors (Lipinski definition) is 1. The van der Waals surface area contributed by atoms with E-state index in [2.05, 4.69) is 10.2 Å². The highest BCUT2D eigenvalue weighted by atomic mass is 16.6. The fourth-order valence-electron chi connectivity index (χ4n) is 4.39. The van der Waals surface area contributed by atoms with Gasteiger partial charge < -0.3 is 33.9 Å². The minimum atomic E-state index is -0.0793. The van der Waals surface area contributed by atoms with Crippen molar-refractivity contribution >= 4 is 5.91 Å². The van der Waals surface area contributed by atoms with Crippen molar-refractivity contribution in [1.82, 2.24) is 10.2 Å². The Kier molecular flexibility index (Phi) is 8.59. The summed E-state index contributed by atoms with van der Waals surface area (Å²) < 4.78 is 27.6. The van der Waals surface area contributed by atoms with E-state index in [0.29, 0.717) is 38.5 Å². The van der Waals surface area contributed by atoms with Crippen LogP contribution in [0.3, 0.4) is 0 Å². The third-order valence-electron chi connectivity index (χ3n) is 6.07. The zero-order chi connectivity index (χ0) is 24.5. The summed E-state index contributed by atoms with van der Waals surface area (Å²) in [5.41, 5.74) is 2.25. The lowest BCUT2D eigenvalue weighted by Gasteiger charge is -2.28. The zero-order valence-electron chi connectivity index (χ0n) is 20.5. The van der Waals surface area contributed by atoms with Gasteiger partial charge in [-0.25, -0.2) is 0 Å². The Morgan fingerprint density at radius 2 is 1.86 bits per heavy atom. The molecule has 0 saturated carbocycles. The van der Waals surface area contributed by atoms with Crippen LogP contribution in [0.15, 0.2) is 54.4 Å². The predicted octanol–water partition coefficient (Wildman–Crippen LogP) is 3.55. The van der Waals surface area contributed by atoms with E-state index in [4.69, 9.17) is 23.7 Å². The molecule has 188 valence electrons. The molecular formula is C27H34N2O6. The van der Waals surface area contributed by atoms with Gasteiger partial charge in [-0.05, 0) is 61.2 Å². The van der Waals surface area contributed by atoms with Crippen LogP contribution >= 0.6 is 0 Å². The van der Waals surface area contributed by atoms with Gasteiger partial charge in [-0.3, -0.25) is 4.79 Å². The molecule has 1 fully saturated rings. The van der Waals surface area contributed by atoms with Gasteiger partial charge >= 0.3 is 0 Å². The Bertz CT molecular complexity index is 1010. The summed E-state index contributed by atoms with van der Waals surface area (Å²) in [6.07, 6.45) is 4.81. The molecule has 2 aliphatic rings. The molecule has 4 rings (SSSR count). The number of methoxy groups -OCH3 is 2. The second-order valence-corrected chi connectivity index (χ2v) is 8.62. The van der Waals surface area contributed by atoms with Crippen LogP contribution in [0.2, 0.25) is 0 Å². The van der Waals surface area contributed by atoms with Crippen LogP contribution in [0.4, 0.5) is 0 Å².